The maximum absolute atomic E-state index is 13.6. The van der Waals surface area contributed by atoms with E-state index in [1.807, 2.05) is 32.0 Å². The predicted octanol–water partition coefficient (Wildman–Crippen LogP) is 5.55. The summed E-state index contributed by atoms with van der Waals surface area (Å²) in [6.07, 6.45) is 0. The van der Waals surface area contributed by atoms with Gasteiger partial charge in [0, 0.05) is 12.6 Å². The van der Waals surface area contributed by atoms with E-state index in [-0.39, 0.29) is 22.8 Å². The number of rotatable bonds is 6. The Morgan fingerprint density at radius 1 is 0.974 bits per heavy atom. The van der Waals surface area contributed by atoms with Gasteiger partial charge in [0.05, 0.1) is 21.8 Å². The van der Waals surface area contributed by atoms with Crippen LogP contribution < -0.4 is 21.0 Å². The topological polar surface area (TPSA) is 95.5 Å². The first-order chi connectivity index (χ1) is 18.7. The molecule has 8 nitrogen and oxygen atoms in total. The number of ether oxygens (including phenoxy) is 1. The molecule has 0 saturated carbocycles. The Morgan fingerprint density at radius 3 is 2.36 bits per heavy atom. The minimum atomic E-state index is -0.606. The van der Waals surface area contributed by atoms with Crippen molar-refractivity contribution in [3.63, 3.8) is 0 Å². The fourth-order valence-corrected chi connectivity index (χ4v) is 4.63. The summed E-state index contributed by atoms with van der Waals surface area (Å²) in [4.78, 5) is 39.7. The average Bonchev–Trinajstić information content (AvgIpc) is 3.13. The molecule has 0 fully saturated rings. The van der Waals surface area contributed by atoms with Crippen molar-refractivity contribution in [1.82, 2.24) is 9.36 Å². The van der Waals surface area contributed by atoms with Gasteiger partial charge in [0.1, 0.15) is 11.3 Å². The number of aromatic nitrogens is 2. The number of para-hydroxylation sites is 1. The Balaban J connectivity index is 1.50. The van der Waals surface area contributed by atoms with Gasteiger partial charge in [-0.3, -0.25) is 19.1 Å². The van der Waals surface area contributed by atoms with Crippen molar-refractivity contribution in [1.29, 1.82) is 0 Å². The Bertz CT molecular complexity index is 1850. The van der Waals surface area contributed by atoms with Gasteiger partial charge in [0.25, 0.3) is 11.5 Å². The zero-order valence-corrected chi connectivity index (χ0v) is 22.6. The van der Waals surface area contributed by atoms with Crippen LogP contribution in [0.2, 0.25) is 5.02 Å². The number of nitrogens with one attached hydrogen (secondary N) is 1. The highest BCUT2D eigenvalue weighted by Gasteiger charge is 2.23. The smallest absolute Gasteiger partial charge is 0.295 e. The van der Waals surface area contributed by atoms with Crippen LogP contribution in [0.4, 0.5) is 5.69 Å². The molecule has 0 aliphatic heterocycles. The minimum absolute atomic E-state index is 0.122. The molecule has 0 saturated heterocycles. The minimum Gasteiger partial charge on any atom is -0.476 e. The summed E-state index contributed by atoms with van der Waals surface area (Å²) < 4.78 is 15.1. The maximum Gasteiger partial charge on any atom is 0.295 e. The highest BCUT2D eigenvalue weighted by Crippen LogP contribution is 2.35. The summed E-state index contributed by atoms with van der Waals surface area (Å²) in [7, 11) is 1.73. The molecule has 0 spiro atoms. The lowest BCUT2D eigenvalue weighted by Crippen LogP contribution is -2.26. The van der Waals surface area contributed by atoms with Crippen LogP contribution in [-0.4, -0.2) is 21.9 Å². The second kappa shape index (κ2) is 10.3. The van der Waals surface area contributed by atoms with Gasteiger partial charge in [-0.25, -0.2) is 4.68 Å². The molecule has 5 aromatic rings. The van der Waals surface area contributed by atoms with Gasteiger partial charge in [-0.2, -0.15) is 0 Å². The lowest BCUT2D eigenvalue weighted by Gasteiger charge is -2.13. The lowest BCUT2D eigenvalue weighted by molar-refractivity contribution is -0.118. The number of halogens is 1. The number of aryl methyl sites for hydroxylation is 2. The van der Waals surface area contributed by atoms with Gasteiger partial charge in [0.2, 0.25) is 11.2 Å². The molecule has 0 unspecified atom stereocenters. The number of carbonyl (C=O) groups excluding carboxylic acids is 1. The molecule has 0 radical (unpaired) electrons. The third-order valence-electron chi connectivity index (χ3n) is 6.75. The fraction of sp³-hybridized carbons (Fsp3) is 0.167. The van der Waals surface area contributed by atoms with Crippen molar-refractivity contribution in [2.75, 3.05) is 11.9 Å². The van der Waals surface area contributed by atoms with E-state index in [9.17, 15) is 14.4 Å². The molecule has 1 N–H and O–H groups in total. The molecule has 0 aliphatic carbocycles. The second-order valence-corrected chi connectivity index (χ2v) is 9.68. The average molecular weight is 544 g/mol. The number of hydrogen-bond acceptors (Lipinski definition) is 5. The number of fused-ring (bicyclic) bond motifs is 1. The Labute approximate surface area is 229 Å². The first kappa shape index (κ1) is 26.1. The van der Waals surface area contributed by atoms with Crippen LogP contribution in [0.5, 0.6) is 5.75 Å². The molecule has 0 bridgehead atoms. The molecule has 39 heavy (non-hydrogen) atoms. The van der Waals surface area contributed by atoms with E-state index in [1.165, 1.54) is 4.68 Å². The van der Waals surface area contributed by atoms with Crippen molar-refractivity contribution in [2.45, 2.75) is 20.8 Å². The van der Waals surface area contributed by atoms with Crippen molar-refractivity contribution in [3.8, 4) is 22.8 Å². The van der Waals surface area contributed by atoms with Crippen LogP contribution in [-0.2, 0) is 11.8 Å². The standard InChI is InChI=1S/C30H26ClN3O5/c1-17-14-22-24(15-18(17)2)39-28(21-12-8-9-13-23(21)31)29(27(22)36)38-16-25(35)32-26-19(3)33(4)34(30(26)37)20-10-6-5-7-11-20/h5-15H,16H2,1-4H3,(H,32,35). The quantitative estimate of drug-likeness (QED) is 0.303. The molecule has 0 aliphatic rings. The van der Waals surface area contributed by atoms with E-state index in [1.54, 1.807) is 67.2 Å². The highest BCUT2D eigenvalue weighted by atomic mass is 35.5. The van der Waals surface area contributed by atoms with Crippen LogP contribution >= 0.6 is 11.6 Å². The molecule has 1 amide bonds. The SMILES string of the molecule is Cc1cc2oc(-c3ccccc3Cl)c(OCC(=O)Nc3c(C)n(C)n(-c4ccccc4)c3=O)c(=O)c2cc1C. The van der Waals surface area contributed by atoms with Gasteiger partial charge in [-0.1, -0.05) is 41.9 Å². The fourth-order valence-electron chi connectivity index (χ4n) is 4.41. The van der Waals surface area contributed by atoms with Crippen LogP contribution in [0.15, 0.2) is 80.7 Å². The third-order valence-corrected chi connectivity index (χ3v) is 7.08. The Morgan fingerprint density at radius 2 is 1.64 bits per heavy atom. The zero-order valence-electron chi connectivity index (χ0n) is 21.9. The normalized spacial score (nSPS) is 11.1. The molecule has 0 atom stereocenters. The van der Waals surface area contributed by atoms with Crippen molar-refractivity contribution in [3.05, 3.63) is 109 Å². The summed E-state index contributed by atoms with van der Waals surface area (Å²) in [5, 5.41) is 3.34. The monoisotopic (exact) mass is 543 g/mol. The lowest BCUT2D eigenvalue weighted by atomic mass is 10.0. The summed E-state index contributed by atoms with van der Waals surface area (Å²) in [6, 6.07) is 19.5. The molecule has 9 heteroatoms. The van der Waals surface area contributed by atoms with E-state index >= 15 is 0 Å². The number of amides is 1. The number of nitrogens with zero attached hydrogens (tertiary/aromatic N) is 2. The molecule has 2 heterocycles. The van der Waals surface area contributed by atoms with Crippen LogP contribution in [0.1, 0.15) is 16.8 Å². The predicted molar refractivity (Wildman–Crippen MR) is 152 cm³/mol. The maximum atomic E-state index is 13.6. The van der Waals surface area contributed by atoms with Gasteiger partial charge in [-0.15, -0.1) is 0 Å². The largest absolute Gasteiger partial charge is 0.476 e. The van der Waals surface area contributed by atoms with Gasteiger partial charge < -0.3 is 14.5 Å². The van der Waals surface area contributed by atoms with Crippen LogP contribution in [0, 0.1) is 20.8 Å². The Kier molecular flexibility index (Phi) is 6.89. The van der Waals surface area contributed by atoms with Gasteiger partial charge in [-0.05, 0) is 68.3 Å². The molecular formula is C30H26ClN3O5. The molecular weight excluding hydrogens is 518 g/mol. The second-order valence-electron chi connectivity index (χ2n) is 9.28. The van der Waals surface area contributed by atoms with Gasteiger partial charge >= 0.3 is 0 Å². The van der Waals surface area contributed by atoms with Crippen LogP contribution in [0.3, 0.4) is 0 Å². The van der Waals surface area contributed by atoms with E-state index in [0.29, 0.717) is 32.9 Å². The molecule has 5 rings (SSSR count). The van der Waals surface area contributed by atoms with E-state index in [0.717, 1.165) is 11.1 Å². The number of carbonyl (C=O) groups is 1. The third kappa shape index (κ3) is 4.75. The number of hydrogen-bond donors (Lipinski definition) is 1. The van der Waals surface area contributed by atoms with Gasteiger partial charge in [0.15, 0.2) is 12.4 Å². The molecule has 198 valence electrons. The highest BCUT2D eigenvalue weighted by molar-refractivity contribution is 6.33. The molecule has 3 aromatic carbocycles. The van der Waals surface area contributed by atoms with Crippen molar-refractivity contribution < 1.29 is 13.9 Å². The van der Waals surface area contributed by atoms with E-state index in [2.05, 4.69) is 5.32 Å². The summed E-state index contributed by atoms with van der Waals surface area (Å²) >= 11 is 6.43. The van der Waals surface area contributed by atoms with E-state index < -0.39 is 17.9 Å². The molecule has 2 aromatic heterocycles. The first-order valence-electron chi connectivity index (χ1n) is 12.3. The number of benzene rings is 3. The first-order valence-corrected chi connectivity index (χ1v) is 12.6. The van der Waals surface area contributed by atoms with Crippen molar-refractivity contribution in [2.24, 2.45) is 7.05 Å². The zero-order chi connectivity index (χ0) is 27.8. The summed E-state index contributed by atoms with van der Waals surface area (Å²) in [5.41, 5.74) is 3.25. The summed E-state index contributed by atoms with van der Waals surface area (Å²) in [5.74, 6) is -0.623. The van der Waals surface area contributed by atoms with Crippen molar-refractivity contribution >= 4 is 34.2 Å². The Hall–Kier alpha value is -4.56. The summed E-state index contributed by atoms with van der Waals surface area (Å²) in [6.45, 7) is 5.03. The number of anilines is 1. The van der Waals surface area contributed by atoms with Crippen LogP contribution in [0.25, 0.3) is 28.0 Å². The van der Waals surface area contributed by atoms with E-state index in [4.69, 9.17) is 20.8 Å².